The predicted molar refractivity (Wildman–Crippen MR) is 95.4 cm³/mol. The number of fused-ring (bicyclic) bond motifs is 1. The Morgan fingerprint density at radius 3 is 2.29 bits per heavy atom. The van der Waals surface area contributed by atoms with E-state index in [9.17, 15) is 15.0 Å². The second-order valence-corrected chi connectivity index (χ2v) is 5.95. The molecule has 1 heterocycles. The molecule has 0 saturated heterocycles. The molecule has 3 aromatic rings. The SMILES string of the molecule is Cc1cc(/C=C/c2c(C)c3cc(O)ccc3oc2=O)cc(C)c1O. The van der Waals surface area contributed by atoms with Crippen LogP contribution in [0.1, 0.15) is 27.8 Å². The Morgan fingerprint density at radius 2 is 1.62 bits per heavy atom. The van der Waals surface area contributed by atoms with Gasteiger partial charge in [-0.15, -0.1) is 0 Å². The second-order valence-electron chi connectivity index (χ2n) is 5.95. The van der Waals surface area contributed by atoms with Crippen LogP contribution >= 0.6 is 0 Å². The zero-order chi connectivity index (χ0) is 17.4. The Hall–Kier alpha value is -3.01. The van der Waals surface area contributed by atoms with Crippen LogP contribution in [0.25, 0.3) is 23.1 Å². The van der Waals surface area contributed by atoms with E-state index >= 15 is 0 Å². The molecule has 122 valence electrons. The first kappa shape index (κ1) is 15.9. The summed E-state index contributed by atoms with van der Waals surface area (Å²) in [5.41, 5.74) is 3.66. The molecule has 0 aliphatic carbocycles. The molecular weight excluding hydrogens is 304 g/mol. The molecule has 4 nitrogen and oxygen atoms in total. The molecule has 0 bridgehead atoms. The Balaban J connectivity index is 2.11. The fourth-order valence-corrected chi connectivity index (χ4v) is 2.81. The minimum absolute atomic E-state index is 0.124. The molecule has 0 saturated carbocycles. The van der Waals surface area contributed by atoms with Crippen LogP contribution in [0.5, 0.6) is 11.5 Å². The molecule has 0 radical (unpaired) electrons. The summed E-state index contributed by atoms with van der Waals surface area (Å²) in [5, 5.41) is 20.2. The summed E-state index contributed by atoms with van der Waals surface area (Å²) in [6.45, 7) is 5.49. The zero-order valence-electron chi connectivity index (χ0n) is 13.8. The molecule has 0 spiro atoms. The fraction of sp³-hybridized carbons (Fsp3) is 0.150. The van der Waals surface area contributed by atoms with Gasteiger partial charge in [-0.2, -0.15) is 0 Å². The van der Waals surface area contributed by atoms with E-state index in [0.29, 0.717) is 16.5 Å². The van der Waals surface area contributed by atoms with Crippen molar-refractivity contribution in [2.75, 3.05) is 0 Å². The number of benzene rings is 2. The molecule has 0 fully saturated rings. The molecule has 2 aromatic carbocycles. The molecule has 0 aliphatic heterocycles. The van der Waals surface area contributed by atoms with Crippen LogP contribution in [-0.4, -0.2) is 10.2 Å². The molecule has 3 rings (SSSR count). The van der Waals surface area contributed by atoms with Crippen molar-refractivity contribution in [2.24, 2.45) is 0 Å². The number of phenols is 2. The monoisotopic (exact) mass is 322 g/mol. The lowest BCUT2D eigenvalue weighted by atomic mass is 10.0. The Morgan fingerprint density at radius 1 is 0.958 bits per heavy atom. The van der Waals surface area contributed by atoms with Gasteiger partial charge in [-0.3, -0.25) is 0 Å². The summed E-state index contributed by atoms with van der Waals surface area (Å²) < 4.78 is 5.33. The Kier molecular flexibility index (Phi) is 3.89. The average Bonchev–Trinajstić information content (AvgIpc) is 2.53. The van der Waals surface area contributed by atoms with Crippen molar-refractivity contribution in [3.05, 3.63) is 68.6 Å². The Bertz CT molecular complexity index is 1000. The molecule has 0 amide bonds. The van der Waals surface area contributed by atoms with Gasteiger partial charge in [0.2, 0.25) is 0 Å². The van der Waals surface area contributed by atoms with Crippen LogP contribution in [-0.2, 0) is 0 Å². The highest BCUT2D eigenvalue weighted by Gasteiger charge is 2.10. The lowest BCUT2D eigenvalue weighted by Crippen LogP contribution is -2.05. The van der Waals surface area contributed by atoms with Gasteiger partial charge in [-0.1, -0.05) is 6.08 Å². The van der Waals surface area contributed by atoms with Crippen LogP contribution in [0.4, 0.5) is 0 Å². The third-order valence-electron chi connectivity index (χ3n) is 4.15. The van der Waals surface area contributed by atoms with E-state index in [1.54, 1.807) is 18.2 Å². The van der Waals surface area contributed by atoms with Crippen molar-refractivity contribution in [1.29, 1.82) is 0 Å². The van der Waals surface area contributed by atoms with E-state index in [-0.39, 0.29) is 11.5 Å². The van der Waals surface area contributed by atoms with Crippen LogP contribution in [0.3, 0.4) is 0 Å². The number of hydrogen-bond acceptors (Lipinski definition) is 4. The smallest absolute Gasteiger partial charge is 0.343 e. The van der Waals surface area contributed by atoms with Crippen LogP contribution < -0.4 is 5.63 Å². The molecule has 0 atom stereocenters. The molecule has 4 heteroatoms. The van der Waals surface area contributed by atoms with Gasteiger partial charge in [-0.25, -0.2) is 4.79 Å². The highest BCUT2D eigenvalue weighted by molar-refractivity contribution is 5.86. The Labute approximate surface area is 139 Å². The van der Waals surface area contributed by atoms with Crippen molar-refractivity contribution < 1.29 is 14.6 Å². The summed E-state index contributed by atoms with van der Waals surface area (Å²) in [6.07, 6.45) is 3.52. The molecule has 0 unspecified atom stereocenters. The second kappa shape index (κ2) is 5.89. The predicted octanol–water partition coefficient (Wildman–Crippen LogP) is 4.30. The van der Waals surface area contributed by atoms with Crippen molar-refractivity contribution >= 4 is 23.1 Å². The molecule has 0 aliphatic rings. The van der Waals surface area contributed by atoms with Gasteiger partial charge < -0.3 is 14.6 Å². The topological polar surface area (TPSA) is 70.7 Å². The number of aryl methyl sites for hydroxylation is 3. The van der Waals surface area contributed by atoms with Crippen LogP contribution in [0, 0.1) is 20.8 Å². The maximum Gasteiger partial charge on any atom is 0.343 e. The van der Waals surface area contributed by atoms with Crippen LogP contribution in [0.15, 0.2) is 39.5 Å². The van der Waals surface area contributed by atoms with E-state index in [4.69, 9.17) is 4.42 Å². The first-order chi connectivity index (χ1) is 11.4. The van der Waals surface area contributed by atoms with Gasteiger partial charge in [-0.05, 0) is 79.4 Å². The van der Waals surface area contributed by atoms with E-state index < -0.39 is 5.63 Å². The van der Waals surface area contributed by atoms with E-state index in [0.717, 1.165) is 22.3 Å². The molecule has 1 aromatic heterocycles. The maximum absolute atomic E-state index is 12.2. The third kappa shape index (κ3) is 2.78. The van der Waals surface area contributed by atoms with E-state index in [1.165, 1.54) is 6.07 Å². The number of rotatable bonds is 2. The lowest BCUT2D eigenvalue weighted by molar-refractivity contribution is 0.467. The molecule has 2 N–H and O–H groups in total. The summed E-state index contributed by atoms with van der Waals surface area (Å²) in [5.74, 6) is 0.406. The maximum atomic E-state index is 12.2. The normalized spacial score (nSPS) is 11.5. The highest BCUT2D eigenvalue weighted by atomic mass is 16.4. The summed E-state index contributed by atoms with van der Waals surface area (Å²) in [6, 6.07) is 8.35. The number of hydrogen-bond donors (Lipinski definition) is 2. The third-order valence-corrected chi connectivity index (χ3v) is 4.15. The van der Waals surface area contributed by atoms with E-state index in [2.05, 4.69) is 0 Å². The van der Waals surface area contributed by atoms with Crippen molar-refractivity contribution in [1.82, 2.24) is 0 Å². The largest absolute Gasteiger partial charge is 0.508 e. The van der Waals surface area contributed by atoms with E-state index in [1.807, 2.05) is 39.0 Å². The first-order valence-corrected chi connectivity index (χ1v) is 7.61. The summed E-state index contributed by atoms with van der Waals surface area (Å²) in [4.78, 5) is 12.2. The fourth-order valence-electron chi connectivity index (χ4n) is 2.81. The minimum Gasteiger partial charge on any atom is -0.508 e. The van der Waals surface area contributed by atoms with Crippen molar-refractivity contribution in [3.63, 3.8) is 0 Å². The summed E-state index contributed by atoms with van der Waals surface area (Å²) >= 11 is 0. The van der Waals surface area contributed by atoms with Crippen molar-refractivity contribution in [3.8, 4) is 11.5 Å². The average molecular weight is 322 g/mol. The lowest BCUT2D eigenvalue weighted by Gasteiger charge is -2.06. The minimum atomic E-state index is -0.422. The van der Waals surface area contributed by atoms with Gasteiger partial charge >= 0.3 is 5.63 Å². The zero-order valence-corrected chi connectivity index (χ0v) is 13.8. The van der Waals surface area contributed by atoms with Crippen LogP contribution in [0.2, 0.25) is 0 Å². The van der Waals surface area contributed by atoms with Gasteiger partial charge in [0.25, 0.3) is 0 Å². The van der Waals surface area contributed by atoms with Gasteiger partial charge in [0.1, 0.15) is 17.1 Å². The van der Waals surface area contributed by atoms with Gasteiger partial charge in [0.15, 0.2) is 0 Å². The standard InChI is InChI=1S/C20H18O4/c1-11-8-14(9-12(2)19(11)22)4-6-16-13(3)17-10-15(21)5-7-18(17)24-20(16)23/h4-10,21-22H,1-3H3/b6-4+. The molecular formula is C20H18O4. The highest BCUT2D eigenvalue weighted by Crippen LogP contribution is 2.26. The quantitative estimate of drug-likeness (QED) is 0.690. The first-order valence-electron chi connectivity index (χ1n) is 7.61. The van der Waals surface area contributed by atoms with Gasteiger partial charge in [0, 0.05) is 5.39 Å². The number of phenolic OH excluding ortho intramolecular Hbond substituents is 2. The van der Waals surface area contributed by atoms with Crippen molar-refractivity contribution in [2.45, 2.75) is 20.8 Å². The summed E-state index contributed by atoms with van der Waals surface area (Å²) in [7, 11) is 0. The van der Waals surface area contributed by atoms with Gasteiger partial charge in [0.05, 0.1) is 5.56 Å². The number of aromatic hydroxyl groups is 2. The molecule has 24 heavy (non-hydrogen) atoms.